The molecule has 1 unspecified atom stereocenters. The number of Topliss-reactive ketones (excluding diaryl/α,β-unsaturated/α-hetero) is 1. The zero-order chi connectivity index (χ0) is 60.1. The minimum atomic E-state index is -1.54. The number of esters is 2. The summed E-state index contributed by atoms with van der Waals surface area (Å²) in [7, 11) is 2.13. The number of hydrogen-bond donors (Lipinski definition) is 8. The van der Waals surface area contributed by atoms with Gasteiger partial charge in [0.2, 0.25) is 0 Å². The molecule has 21 atom stereocenters. The van der Waals surface area contributed by atoms with Crippen LogP contribution in [0, 0.1) is 40.4 Å². The highest BCUT2D eigenvalue weighted by molar-refractivity contribution is 5.92. The molecular formula is C64H95NO18. The highest BCUT2D eigenvalue weighted by atomic mass is 16.6. The number of allylic oxidation sites excluding steroid dienone is 1. The quantitative estimate of drug-likeness (QED) is 0.0316. The molecule has 5 saturated heterocycles. The van der Waals surface area contributed by atoms with E-state index in [-0.39, 0.29) is 78.1 Å². The van der Waals surface area contributed by atoms with Crippen molar-refractivity contribution >= 4 is 29.5 Å². The number of fused-ring (bicyclic) bond motifs is 10. The molecule has 8 N–H and O–H groups in total. The SMILES string of the molecule is C/C(=C\C(=O)OCCCCCCCCC(=O)O)C[C@@H]1OC[C@H](C[C@@H]2O[C@H]2[C@@H](C)[C@H](C)O)[C@@H](O)[C@H]1O.CN1[C@@H]2CC(OC(=O)[C@H](CO)c3ccccc3)C[C@H]1[C@@H]1O[C@@H]12.C[C@]12CCC(=O)C=C1CC[C@@H]1[C@@H]2[C@@H](O)C[C@@]2(C)[C@H]1CC[C@]2(O)C(=O)CO. The van der Waals surface area contributed by atoms with Gasteiger partial charge in [0.15, 0.2) is 11.6 Å². The number of carbonyl (C=O) groups is 5. The minimum Gasteiger partial charge on any atom is -0.481 e. The molecule has 0 aromatic heterocycles. The van der Waals surface area contributed by atoms with Gasteiger partial charge in [-0.15, -0.1) is 0 Å². The van der Waals surface area contributed by atoms with Crippen molar-refractivity contribution in [2.45, 2.75) is 235 Å². The van der Waals surface area contributed by atoms with E-state index in [2.05, 4.69) is 18.9 Å². The molecule has 464 valence electrons. The van der Waals surface area contributed by atoms with Gasteiger partial charge >= 0.3 is 17.9 Å². The fourth-order valence-corrected chi connectivity index (χ4v) is 15.9. The largest absolute Gasteiger partial charge is 0.481 e. The Hall–Kier alpha value is -3.99. The van der Waals surface area contributed by atoms with E-state index in [1.807, 2.05) is 44.2 Å². The Kier molecular flexibility index (Phi) is 21.8. The van der Waals surface area contributed by atoms with E-state index in [1.54, 1.807) is 19.9 Å². The molecule has 9 aliphatic rings. The number of hydrogen-bond acceptors (Lipinski definition) is 18. The Morgan fingerprint density at radius 3 is 2.20 bits per heavy atom. The zero-order valence-corrected chi connectivity index (χ0v) is 49.6. The summed E-state index contributed by atoms with van der Waals surface area (Å²) in [6.45, 7) is 9.30. The third kappa shape index (κ3) is 14.5. The van der Waals surface area contributed by atoms with E-state index in [1.165, 1.54) is 11.6 Å². The number of carboxylic acids is 1. The summed E-state index contributed by atoms with van der Waals surface area (Å²) >= 11 is 0. The summed E-state index contributed by atoms with van der Waals surface area (Å²) in [5.74, 6) is -2.20. The minimum absolute atomic E-state index is 0.0160. The molecule has 10 rings (SSSR count). The van der Waals surface area contributed by atoms with Gasteiger partial charge < -0.3 is 64.5 Å². The molecule has 0 amide bonds. The van der Waals surface area contributed by atoms with Crippen molar-refractivity contribution in [2.75, 3.05) is 33.5 Å². The van der Waals surface area contributed by atoms with Crippen LogP contribution in [0.2, 0.25) is 0 Å². The normalized spacial score (nSPS) is 38.6. The van der Waals surface area contributed by atoms with Crippen LogP contribution in [0.25, 0.3) is 0 Å². The predicted octanol–water partition coefficient (Wildman–Crippen LogP) is 5.29. The van der Waals surface area contributed by atoms with Crippen LogP contribution in [0.15, 0.2) is 53.6 Å². The number of aliphatic carboxylic acids is 1. The number of carbonyl (C=O) groups excluding carboxylic acids is 4. The average Bonchev–Trinajstić information content (AvgIpc) is 1.99. The Morgan fingerprint density at radius 2 is 1.55 bits per heavy atom. The molecule has 19 heteroatoms. The number of epoxide rings is 2. The number of ketones is 2. The van der Waals surface area contributed by atoms with Gasteiger partial charge in [-0.1, -0.05) is 87.9 Å². The van der Waals surface area contributed by atoms with Crippen LogP contribution in [-0.4, -0.2) is 187 Å². The van der Waals surface area contributed by atoms with Gasteiger partial charge in [0.25, 0.3) is 0 Å². The second kappa shape index (κ2) is 27.8. The van der Waals surface area contributed by atoms with E-state index >= 15 is 0 Å². The Morgan fingerprint density at radius 1 is 0.880 bits per heavy atom. The molecule has 5 heterocycles. The lowest BCUT2D eigenvalue weighted by Crippen LogP contribution is -2.62. The third-order valence-electron chi connectivity index (χ3n) is 21.1. The highest BCUT2D eigenvalue weighted by Gasteiger charge is 2.68. The molecule has 83 heavy (non-hydrogen) atoms. The first-order chi connectivity index (χ1) is 39.5. The van der Waals surface area contributed by atoms with Crippen molar-refractivity contribution in [3.63, 3.8) is 0 Å². The summed E-state index contributed by atoms with van der Waals surface area (Å²) < 4.78 is 28.1. The number of ether oxygens (including phenoxy) is 5. The average molecular weight is 1170 g/mol. The van der Waals surface area contributed by atoms with Crippen LogP contribution in [0.1, 0.15) is 162 Å². The number of rotatable bonds is 22. The second-order valence-corrected chi connectivity index (χ2v) is 26.3. The van der Waals surface area contributed by atoms with Crippen molar-refractivity contribution in [2.24, 2.45) is 40.4 Å². The van der Waals surface area contributed by atoms with Gasteiger partial charge in [-0.2, -0.15) is 0 Å². The second-order valence-electron chi connectivity index (χ2n) is 26.3. The molecule has 2 bridgehead atoms. The Labute approximate surface area is 489 Å². The first kappa shape index (κ1) is 65.0. The number of morpholine rings is 1. The molecule has 0 radical (unpaired) electrons. The highest BCUT2D eigenvalue weighted by Crippen LogP contribution is 2.67. The zero-order valence-electron chi connectivity index (χ0n) is 49.6. The van der Waals surface area contributed by atoms with Gasteiger partial charge in [-0.05, 0) is 120 Å². The number of aliphatic hydroxyl groups excluding tert-OH is 6. The van der Waals surface area contributed by atoms with Crippen molar-refractivity contribution < 1.29 is 88.5 Å². The number of aliphatic hydroxyl groups is 7. The van der Waals surface area contributed by atoms with Crippen molar-refractivity contribution in [3.8, 4) is 0 Å². The van der Waals surface area contributed by atoms with Crippen molar-refractivity contribution in [3.05, 3.63) is 59.2 Å². The maximum atomic E-state index is 12.4. The van der Waals surface area contributed by atoms with E-state index in [4.69, 9.17) is 28.8 Å². The van der Waals surface area contributed by atoms with Gasteiger partial charge in [-0.3, -0.25) is 24.1 Å². The maximum absolute atomic E-state index is 12.4. The van der Waals surface area contributed by atoms with Gasteiger partial charge in [0.05, 0.1) is 56.4 Å². The third-order valence-corrected chi connectivity index (χ3v) is 21.1. The van der Waals surface area contributed by atoms with Crippen LogP contribution in [0.5, 0.6) is 0 Å². The van der Waals surface area contributed by atoms with E-state index < -0.39 is 71.8 Å². The lowest BCUT2D eigenvalue weighted by molar-refractivity contribution is -0.182. The Bertz CT molecular complexity index is 2450. The summed E-state index contributed by atoms with van der Waals surface area (Å²) in [4.78, 5) is 61.6. The van der Waals surface area contributed by atoms with Gasteiger partial charge in [0.1, 0.15) is 42.5 Å². The first-order valence-electron chi connectivity index (χ1n) is 30.8. The van der Waals surface area contributed by atoms with Gasteiger partial charge in [0, 0.05) is 61.1 Å². The van der Waals surface area contributed by atoms with Crippen molar-refractivity contribution in [1.82, 2.24) is 4.90 Å². The molecular weight excluding hydrogens is 1070 g/mol. The summed E-state index contributed by atoms with van der Waals surface area (Å²) in [5.41, 5.74) is 0.279. The van der Waals surface area contributed by atoms with Crippen LogP contribution >= 0.6 is 0 Å². The number of benzene rings is 1. The molecule has 4 aliphatic carbocycles. The lowest BCUT2D eigenvalue weighted by Gasteiger charge is -2.60. The van der Waals surface area contributed by atoms with Crippen LogP contribution in [0.4, 0.5) is 0 Å². The Balaban J connectivity index is 0.000000167. The lowest BCUT2D eigenvalue weighted by atomic mass is 9.45. The number of carboxylic acid groups (broad SMARTS) is 1. The van der Waals surface area contributed by atoms with Crippen LogP contribution in [0.3, 0.4) is 0 Å². The van der Waals surface area contributed by atoms with Crippen molar-refractivity contribution in [1.29, 1.82) is 0 Å². The summed E-state index contributed by atoms with van der Waals surface area (Å²) in [5, 5.41) is 80.8. The smallest absolute Gasteiger partial charge is 0.330 e. The van der Waals surface area contributed by atoms with E-state index in [9.17, 15) is 59.7 Å². The molecule has 8 fully saturated rings. The monoisotopic (exact) mass is 1170 g/mol. The van der Waals surface area contributed by atoms with Gasteiger partial charge in [-0.25, -0.2) is 4.79 Å². The molecule has 0 spiro atoms. The van der Waals surface area contributed by atoms with E-state index in [0.29, 0.717) is 81.6 Å². The molecule has 5 aliphatic heterocycles. The number of unbranched alkanes of at least 4 members (excludes halogenated alkanes) is 5. The maximum Gasteiger partial charge on any atom is 0.330 e. The molecule has 19 nitrogen and oxygen atoms in total. The molecule has 1 aromatic rings. The molecule has 3 saturated carbocycles. The number of likely N-dealkylation sites (N-methyl/N-ethyl adjacent to an activating group) is 1. The fourth-order valence-electron chi connectivity index (χ4n) is 15.9. The number of piperidine rings is 1. The first-order valence-corrected chi connectivity index (χ1v) is 30.8. The fraction of sp³-hybridized carbons (Fsp3) is 0.766. The predicted molar refractivity (Wildman–Crippen MR) is 303 cm³/mol. The standard InChI is InChI=1S/C26H44O9.C21H30O5.C17H21NO4/c1-16(13-23(30)33-11-9-7-5-4-6-8-10-22(28)29)12-20-25(32)24(31)19(15-34-20)14-21-26(35-21)17(2)18(3)27;1-19-7-5-13(23)9-12(19)3-4-14-15-6-8-21(26,17(25)11-22)20(15,2)10-16(24)18(14)19;1-18-13-7-11(8-14(18)16-15(13)22-16)21-17(20)12(9-19)10-5-3-2-4-6-10/h13,17-21,24-27,31-32H,4-12,14-15H2,1-3H3,(H,28,29);9,14-16,18,22,24,26H,3-8,10-11H2,1-2H3;2-6,11-16,19H,7-9H2,1H3/b16-13+;;/t17-,18-,19-,20-,21-,24+,25-,26-;14-,15-,16-,18+,19-,20-,21-;11?,12-,13-,14+,15-,16+/m001/s1. The molecule has 1 aromatic carbocycles. The van der Waals surface area contributed by atoms with Crippen LogP contribution < -0.4 is 0 Å². The summed E-state index contributed by atoms with van der Waals surface area (Å²) in [6.07, 6.45) is 12.6. The summed E-state index contributed by atoms with van der Waals surface area (Å²) in [6, 6.07) is 10.1. The topological polar surface area (TPSA) is 303 Å². The van der Waals surface area contributed by atoms with Crippen LogP contribution in [-0.2, 0) is 47.7 Å². The van der Waals surface area contributed by atoms with E-state index in [0.717, 1.165) is 76.2 Å². The number of nitrogens with zero attached hydrogens (tertiary/aromatic N) is 1.